The summed E-state index contributed by atoms with van der Waals surface area (Å²) in [5, 5.41) is 13.9. The number of nitrogens with two attached hydrogens (primary N) is 1. The number of rotatable bonds is 11. The minimum Gasteiger partial charge on any atom is -0.481 e. The highest BCUT2D eigenvalue weighted by atomic mass is 35.5. The summed E-state index contributed by atoms with van der Waals surface area (Å²) in [5.41, 5.74) is 5.45. The maximum Gasteiger partial charge on any atom is 0.390 e. The lowest BCUT2D eigenvalue weighted by Crippen LogP contribution is -2.47. The second-order valence-corrected chi connectivity index (χ2v) is 9.90. The molecule has 0 aliphatic carbocycles. The van der Waals surface area contributed by atoms with E-state index in [1.54, 1.807) is 11.0 Å². The van der Waals surface area contributed by atoms with Gasteiger partial charge in [0, 0.05) is 56.3 Å². The fourth-order valence-corrected chi connectivity index (χ4v) is 4.35. The van der Waals surface area contributed by atoms with E-state index in [0.717, 1.165) is 12.1 Å². The lowest BCUT2D eigenvalue weighted by molar-refractivity contribution is -0.138. The van der Waals surface area contributed by atoms with Crippen LogP contribution in [0.3, 0.4) is 0 Å². The molecule has 1 saturated heterocycles. The van der Waals surface area contributed by atoms with Crippen LogP contribution < -0.4 is 21.3 Å². The standard InChI is InChI=1S/C26H29ClF5N5O4/c27-16-2-5-19(20(13-16)37-11-9-36(10-12-37)8-7-26(30,31)32)35-24(40)17-3-1-15(22(28)23(17)29)14-34-25(41)18(33)4-6-21(38)39/h1-3,5,13,18H,4,6-12,14,33H2,(H,34,41)(H,35,40)(H,38,39)/t18-/m0/s1. The molecule has 1 fully saturated rings. The third-order valence-corrected chi connectivity index (χ3v) is 6.73. The van der Waals surface area contributed by atoms with Crippen molar-refractivity contribution in [3.05, 3.63) is 58.1 Å². The zero-order valence-electron chi connectivity index (χ0n) is 21.7. The van der Waals surface area contributed by atoms with Gasteiger partial charge >= 0.3 is 12.1 Å². The summed E-state index contributed by atoms with van der Waals surface area (Å²) >= 11 is 6.14. The first-order valence-corrected chi connectivity index (χ1v) is 13.0. The Labute approximate surface area is 237 Å². The molecule has 1 heterocycles. The van der Waals surface area contributed by atoms with Crippen LogP contribution in [0.25, 0.3) is 0 Å². The molecule has 5 N–H and O–H groups in total. The van der Waals surface area contributed by atoms with E-state index in [9.17, 15) is 36.3 Å². The number of piperazine rings is 1. The van der Waals surface area contributed by atoms with E-state index in [0.29, 0.717) is 36.9 Å². The van der Waals surface area contributed by atoms with Crippen molar-refractivity contribution in [1.29, 1.82) is 0 Å². The van der Waals surface area contributed by atoms with Crippen LogP contribution in [-0.2, 0) is 16.1 Å². The molecular formula is C26H29ClF5N5O4. The van der Waals surface area contributed by atoms with Gasteiger partial charge in [0.05, 0.1) is 29.4 Å². The van der Waals surface area contributed by atoms with Gasteiger partial charge in [0.2, 0.25) is 5.91 Å². The van der Waals surface area contributed by atoms with Gasteiger partial charge in [-0.15, -0.1) is 0 Å². The third-order valence-electron chi connectivity index (χ3n) is 6.50. The van der Waals surface area contributed by atoms with Gasteiger partial charge in [0.1, 0.15) is 0 Å². The van der Waals surface area contributed by atoms with Crippen LogP contribution in [0.1, 0.15) is 35.2 Å². The second kappa shape index (κ2) is 13.9. The van der Waals surface area contributed by atoms with E-state index in [1.165, 1.54) is 12.1 Å². The van der Waals surface area contributed by atoms with Crippen molar-refractivity contribution in [2.24, 2.45) is 5.73 Å². The minimum atomic E-state index is -4.25. The third kappa shape index (κ3) is 9.26. The number of aliphatic carboxylic acids is 1. The van der Waals surface area contributed by atoms with E-state index in [4.69, 9.17) is 22.4 Å². The Morgan fingerprint density at radius 3 is 2.37 bits per heavy atom. The first kappa shape index (κ1) is 32.0. The Bertz CT molecular complexity index is 1270. The summed E-state index contributed by atoms with van der Waals surface area (Å²) < 4.78 is 67.3. The molecule has 2 aromatic rings. The summed E-state index contributed by atoms with van der Waals surface area (Å²) in [7, 11) is 0. The molecule has 0 unspecified atom stereocenters. The molecule has 9 nitrogen and oxygen atoms in total. The number of nitrogens with zero attached hydrogens (tertiary/aromatic N) is 2. The number of carboxylic acid groups (broad SMARTS) is 1. The number of alkyl halides is 3. The fraction of sp³-hybridized carbons (Fsp3) is 0.423. The number of carbonyl (C=O) groups is 3. The van der Waals surface area contributed by atoms with Crippen molar-refractivity contribution >= 4 is 40.8 Å². The van der Waals surface area contributed by atoms with Gasteiger partial charge in [-0.2, -0.15) is 13.2 Å². The monoisotopic (exact) mass is 605 g/mol. The van der Waals surface area contributed by atoms with Crippen LogP contribution >= 0.6 is 11.6 Å². The van der Waals surface area contributed by atoms with Gasteiger partial charge < -0.3 is 26.4 Å². The highest BCUT2D eigenvalue weighted by molar-refractivity contribution is 6.31. The molecule has 3 rings (SSSR count). The average Bonchev–Trinajstić information content (AvgIpc) is 2.92. The Morgan fingerprint density at radius 1 is 1.05 bits per heavy atom. The van der Waals surface area contributed by atoms with Crippen LogP contribution in [0, 0.1) is 11.6 Å². The molecule has 41 heavy (non-hydrogen) atoms. The first-order valence-electron chi connectivity index (χ1n) is 12.6. The highest BCUT2D eigenvalue weighted by Crippen LogP contribution is 2.31. The number of carbonyl (C=O) groups excluding carboxylic acids is 2. The number of anilines is 2. The summed E-state index contributed by atoms with van der Waals surface area (Å²) in [6.07, 6.45) is -5.65. The van der Waals surface area contributed by atoms with Gasteiger partial charge in [-0.1, -0.05) is 17.7 Å². The van der Waals surface area contributed by atoms with Crippen LogP contribution in [0.5, 0.6) is 0 Å². The van der Waals surface area contributed by atoms with Crippen LogP contribution in [0.2, 0.25) is 5.02 Å². The Hall–Kier alpha value is -3.49. The average molecular weight is 606 g/mol. The number of hydrogen-bond acceptors (Lipinski definition) is 6. The zero-order valence-corrected chi connectivity index (χ0v) is 22.5. The number of carboxylic acids is 1. The Morgan fingerprint density at radius 2 is 1.73 bits per heavy atom. The molecule has 0 saturated carbocycles. The van der Waals surface area contributed by atoms with Gasteiger partial charge in [0.25, 0.3) is 5.91 Å². The topological polar surface area (TPSA) is 128 Å². The van der Waals surface area contributed by atoms with Crippen LogP contribution in [-0.4, -0.2) is 72.7 Å². The van der Waals surface area contributed by atoms with E-state index in [2.05, 4.69) is 10.6 Å². The first-order chi connectivity index (χ1) is 19.2. The van der Waals surface area contributed by atoms with Crippen molar-refractivity contribution < 1.29 is 41.4 Å². The molecule has 0 aromatic heterocycles. The molecule has 1 aliphatic rings. The molecule has 0 radical (unpaired) electrons. The molecule has 224 valence electrons. The van der Waals surface area contributed by atoms with Crippen LogP contribution in [0.4, 0.5) is 33.3 Å². The summed E-state index contributed by atoms with van der Waals surface area (Å²) in [6, 6.07) is 5.56. The molecule has 0 bridgehead atoms. The number of halogens is 6. The smallest absolute Gasteiger partial charge is 0.390 e. The molecule has 1 atom stereocenters. The maximum absolute atomic E-state index is 14.9. The van der Waals surface area contributed by atoms with Gasteiger partial charge in [-0.05, 0) is 30.7 Å². The van der Waals surface area contributed by atoms with Crippen molar-refractivity contribution in [2.75, 3.05) is 42.9 Å². The Balaban J connectivity index is 1.66. The van der Waals surface area contributed by atoms with Gasteiger partial charge in [-0.25, -0.2) is 8.78 Å². The van der Waals surface area contributed by atoms with Crippen LogP contribution in [0.15, 0.2) is 30.3 Å². The van der Waals surface area contributed by atoms with E-state index < -0.39 is 60.2 Å². The molecule has 1 aliphatic heterocycles. The van der Waals surface area contributed by atoms with Gasteiger partial charge in [0.15, 0.2) is 11.6 Å². The fourth-order valence-electron chi connectivity index (χ4n) is 4.18. The summed E-state index contributed by atoms with van der Waals surface area (Å²) in [6.45, 7) is 0.824. The lowest BCUT2D eigenvalue weighted by atomic mass is 10.1. The highest BCUT2D eigenvalue weighted by Gasteiger charge is 2.29. The van der Waals surface area contributed by atoms with E-state index >= 15 is 0 Å². The molecule has 15 heteroatoms. The molecular weight excluding hydrogens is 577 g/mol. The number of hydrogen-bond donors (Lipinski definition) is 4. The normalized spacial score (nSPS) is 15.0. The molecule has 2 aromatic carbocycles. The predicted molar refractivity (Wildman–Crippen MR) is 142 cm³/mol. The van der Waals surface area contributed by atoms with Gasteiger partial charge in [-0.3, -0.25) is 19.3 Å². The zero-order chi connectivity index (χ0) is 30.3. The van der Waals surface area contributed by atoms with E-state index in [-0.39, 0.29) is 30.6 Å². The molecule has 2 amide bonds. The number of benzene rings is 2. The van der Waals surface area contributed by atoms with Crippen molar-refractivity contribution in [2.45, 2.75) is 38.0 Å². The number of nitrogens with one attached hydrogen (secondary N) is 2. The summed E-state index contributed by atoms with van der Waals surface area (Å²) in [4.78, 5) is 39.0. The maximum atomic E-state index is 14.9. The number of amides is 2. The van der Waals surface area contributed by atoms with Crippen molar-refractivity contribution in [3.8, 4) is 0 Å². The van der Waals surface area contributed by atoms with E-state index in [1.807, 2.05) is 4.90 Å². The van der Waals surface area contributed by atoms with Crippen molar-refractivity contribution in [3.63, 3.8) is 0 Å². The summed E-state index contributed by atoms with van der Waals surface area (Å²) in [5.74, 6) is -5.64. The minimum absolute atomic E-state index is 0.126. The van der Waals surface area contributed by atoms with Crippen molar-refractivity contribution in [1.82, 2.24) is 10.2 Å². The lowest BCUT2D eigenvalue weighted by Gasteiger charge is -2.37. The predicted octanol–water partition coefficient (Wildman–Crippen LogP) is 3.75. The quantitative estimate of drug-likeness (QED) is 0.287. The Kier molecular flexibility index (Phi) is 10.9. The largest absolute Gasteiger partial charge is 0.481 e. The SMILES string of the molecule is N[C@@H](CCC(=O)O)C(=O)NCc1ccc(C(=O)Nc2ccc(Cl)cc2N2CCN(CCC(F)(F)F)CC2)c(F)c1F. The second-order valence-electron chi connectivity index (χ2n) is 9.47. The molecule has 0 spiro atoms.